The van der Waals surface area contributed by atoms with Gasteiger partial charge in [0.15, 0.2) is 5.82 Å². The first kappa shape index (κ1) is 12.8. The Morgan fingerprint density at radius 3 is 2.50 bits per heavy atom. The van der Waals surface area contributed by atoms with Gasteiger partial charge in [0.1, 0.15) is 5.69 Å². The fraction of sp³-hybridized carbons (Fsp3) is 0.300. The third-order valence-corrected chi connectivity index (χ3v) is 2.43. The van der Waals surface area contributed by atoms with Crippen LogP contribution in [0.4, 0.5) is 13.2 Å². The standard InChI is InChI=1S/C10H7ClF3N3O/c1-5-6(9-16-8(4-11)17-18-9)2-3-7(15-5)10(12,13)14/h2-3H,4H2,1H3. The highest BCUT2D eigenvalue weighted by molar-refractivity contribution is 6.16. The summed E-state index contributed by atoms with van der Waals surface area (Å²) in [5.41, 5.74) is -0.442. The van der Waals surface area contributed by atoms with Crippen molar-refractivity contribution in [3.05, 3.63) is 29.3 Å². The SMILES string of the molecule is Cc1nc(C(F)(F)F)ccc1-c1nc(CCl)no1. The van der Waals surface area contributed by atoms with Gasteiger partial charge >= 0.3 is 6.18 Å². The molecule has 0 unspecified atom stereocenters. The molecule has 0 N–H and O–H groups in total. The summed E-state index contributed by atoms with van der Waals surface area (Å²) in [5, 5.41) is 3.56. The van der Waals surface area contributed by atoms with Crippen LogP contribution in [0.1, 0.15) is 17.2 Å². The van der Waals surface area contributed by atoms with Crippen molar-refractivity contribution in [3.8, 4) is 11.5 Å². The number of halogens is 4. The second kappa shape index (κ2) is 4.56. The van der Waals surface area contributed by atoms with Crippen LogP contribution >= 0.6 is 11.6 Å². The first-order valence-corrected chi connectivity index (χ1v) is 5.39. The van der Waals surface area contributed by atoms with Gasteiger partial charge in [0.25, 0.3) is 5.89 Å². The van der Waals surface area contributed by atoms with Gasteiger partial charge in [-0.05, 0) is 19.1 Å². The number of hydrogen-bond acceptors (Lipinski definition) is 4. The molecule has 0 aliphatic rings. The van der Waals surface area contributed by atoms with E-state index in [0.717, 1.165) is 6.07 Å². The van der Waals surface area contributed by atoms with Crippen LogP contribution < -0.4 is 0 Å². The minimum atomic E-state index is -4.47. The lowest BCUT2D eigenvalue weighted by Crippen LogP contribution is -2.08. The average Bonchev–Trinajstić information content (AvgIpc) is 2.76. The summed E-state index contributed by atoms with van der Waals surface area (Å²) in [6, 6.07) is 2.11. The number of aromatic nitrogens is 3. The summed E-state index contributed by atoms with van der Waals surface area (Å²) in [5.74, 6) is 0.437. The van der Waals surface area contributed by atoms with E-state index >= 15 is 0 Å². The van der Waals surface area contributed by atoms with Gasteiger partial charge in [-0.2, -0.15) is 18.2 Å². The minimum Gasteiger partial charge on any atom is -0.334 e. The molecule has 2 heterocycles. The monoisotopic (exact) mass is 277 g/mol. The van der Waals surface area contributed by atoms with Crippen molar-refractivity contribution in [2.75, 3.05) is 0 Å². The highest BCUT2D eigenvalue weighted by Crippen LogP contribution is 2.30. The van der Waals surface area contributed by atoms with Gasteiger partial charge in [-0.25, -0.2) is 4.98 Å². The zero-order valence-electron chi connectivity index (χ0n) is 9.12. The van der Waals surface area contributed by atoms with Crippen molar-refractivity contribution in [1.82, 2.24) is 15.1 Å². The van der Waals surface area contributed by atoms with Crippen LogP contribution in [-0.4, -0.2) is 15.1 Å². The molecule has 0 saturated heterocycles. The molecule has 2 rings (SSSR count). The summed E-state index contributed by atoms with van der Waals surface area (Å²) in [6.45, 7) is 1.44. The molecular weight excluding hydrogens is 271 g/mol. The Morgan fingerprint density at radius 2 is 2.00 bits per heavy atom. The fourth-order valence-electron chi connectivity index (χ4n) is 1.36. The van der Waals surface area contributed by atoms with Crippen molar-refractivity contribution in [1.29, 1.82) is 0 Å². The molecule has 0 radical (unpaired) electrons. The topological polar surface area (TPSA) is 51.8 Å². The van der Waals surface area contributed by atoms with E-state index in [-0.39, 0.29) is 23.3 Å². The lowest BCUT2D eigenvalue weighted by atomic mass is 10.2. The molecule has 96 valence electrons. The van der Waals surface area contributed by atoms with Crippen molar-refractivity contribution < 1.29 is 17.7 Å². The molecule has 0 amide bonds. The molecule has 0 fully saturated rings. The summed E-state index contributed by atoms with van der Waals surface area (Å²) in [6.07, 6.45) is -4.47. The lowest BCUT2D eigenvalue weighted by Gasteiger charge is -2.07. The van der Waals surface area contributed by atoms with Crippen LogP contribution in [0.5, 0.6) is 0 Å². The van der Waals surface area contributed by atoms with Gasteiger partial charge in [0, 0.05) is 0 Å². The van der Waals surface area contributed by atoms with E-state index < -0.39 is 11.9 Å². The molecule has 2 aromatic heterocycles. The fourth-order valence-corrected chi connectivity index (χ4v) is 1.47. The van der Waals surface area contributed by atoms with E-state index in [1.807, 2.05) is 0 Å². The Balaban J connectivity index is 2.41. The molecular formula is C10H7ClF3N3O. The Hall–Kier alpha value is -1.63. The smallest absolute Gasteiger partial charge is 0.334 e. The molecule has 18 heavy (non-hydrogen) atoms. The predicted octanol–water partition coefficient (Wildman–Crippen LogP) is 3.20. The van der Waals surface area contributed by atoms with Crippen LogP contribution in [0.25, 0.3) is 11.5 Å². The van der Waals surface area contributed by atoms with E-state index in [1.165, 1.54) is 13.0 Å². The third kappa shape index (κ3) is 2.45. The van der Waals surface area contributed by atoms with Crippen LogP contribution in [0.2, 0.25) is 0 Å². The minimum absolute atomic E-state index is 0.0661. The molecule has 2 aromatic rings. The molecule has 0 aliphatic heterocycles. The van der Waals surface area contributed by atoms with Gasteiger partial charge < -0.3 is 4.52 Å². The molecule has 0 atom stereocenters. The maximum Gasteiger partial charge on any atom is 0.433 e. The third-order valence-electron chi connectivity index (χ3n) is 2.19. The van der Waals surface area contributed by atoms with Crippen LogP contribution in [-0.2, 0) is 12.1 Å². The van der Waals surface area contributed by atoms with E-state index in [9.17, 15) is 13.2 Å². The first-order chi connectivity index (χ1) is 8.41. The Bertz CT molecular complexity index is 568. The maximum atomic E-state index is 12.4. The Morgan fingerprint density at radius 1 is 1.28 bits per heavy atom. The molecule has 4 nitrogen and oxygen atoms in total. The van der Waals surface area contributed by atoms with Crippen LogP contribution in [0.3, 0.4) is 0 Å². The highest BCUT2D eigenvalue weighted by atomic mass is 35.5. The van der Waals surface area contributed by atoms with Gasteiger partial charge in [0.05, 0.1) is 17.1 Å². The van der Waals surface area contributed by atoms with Crippen molar-refractivity contribution >= 4 is 11.6 Å². The Labute approximate surface area is 105 Å². The highest BCUT2D eigenvalue weighted by Gasteiger charge is 2.33. The lowest BCUT2D eigenvalue weighted by molar-refractivity contribution is -0.141. The van der Waals surface area contributed by atoms with Crippen LogP contribution in [0.15, 0.2) is 16.7 Å². The predicted molar refractivity (Wildman–Crippen MR) is 56.8 cm³/mol. The summed E-state index contributed by atoms with van der Waals surface area (Å²) in [7, 11) is 0. The van der Waals surface area contributed by atoms with E-state index in [4.69, 9.17) is 16.1 Å². The number of alkyl halides is 4. The van der Waals surface area contributed by atoms with Crippen molar-refractivity contribution in [2.24, 2.45) is 0 Å². The van der Waals surface area contributed by atoms with E-state index in [1.54, 1.807) is 0 Å². The largest absolute Gasteiger partial charge is 0.433 e. The number of aryl methyl sites for hydroxylation is 1. The van der Waals surface area contributed by atoms with E-state index in [0.29, 0.717) is 5.56 Å². The first-order valence-electron chi connectivity index (χ1n) is 4.85. The number of pyridine rings is 1. The normalized spacial score (nSPS) is 11.8. The zero-order valence-corrected chi connectivity index (χ0v) is 9.88. The second-order valence-corrected chi connectivity index (χ2v) is 3.74. The summed E-state index contributed by atoms with van der Waals surface area (Å²) in [4.78, 5) is 7.39. The number of hydrogen-bond donors (Lipinski definition) is 0. The molecule has 0 aliphatic carbocycles. The number of nitrogens with zero attached hydrogens (tertiary/aromatic N) is 3. The van der Waals surface area contributed by atoms with Gasteiger partial charge in [-0.1, -0.05) is 5.16 Å². The van der Waals surface area contributed by atoms with Crippen molar-refractivity contribution in [2.45, 2.75) is 19.0 Å². The number of rotatable bonds is 2. The zero-order chi connectivity index (χ0) is 13.3. The molecule has 0 saturated carbocycles. The molecule has 0 aromatic carbocycles. The average molecular weight is 278 g/mol. The maximum absolute atomic E-state index is 12.4. The molecule has 0 spiro atoms. The quantitative estimate of drug-likeness (QED) is 0.791. The van der Waals surface area contributed by atoms with Gasteiger partial charge in [0.2, 0.25) is 0 Å². The van der Waals surface area contributed by atoms with Crippen molar-refractivity contribution in [3.63, 3.8) is 0 Å². The molecule has 0 bridgehead atoms. The summed E-state index contributed by atoms with van der Waals surface area (Å²) < 4.78 is 42.2. The van der Waals surface area contributed by atoms with E-state index in [2.05, 4.69) is 15.1 Å². The summed E-state index contributed by atoms with van der Waals surface area (Å²) >= 11 is 5.50. The van der Waals surface area contributed by atoms with Gasteiger partial charge in [-0.15, -0.1) is 11.6 Å². The Kier molecular flexibility index (Phi) is 3.25. The second-order valence-electron chi connectivity index (χ2n) is 3.48. The van der Waals surface area contributed by atoms with Gasteiger partial charge in [-0.3, -0.25) is 0 Å². The molecule has 8 heteroatoms. The van der Waals surface area contributed by atoms with Crippen LogP contribution in [0, 0.1) is 6.92 Å².